The zero-order chi connectivity index (χ0) is 17.0. The van der Waals surface area contributed by atoms with Crippen LogP contribution in [0.15, 0.2) is 41.4 Å². The van der Waals surface area contributed by atoms with Crippen molar-refractivity contribution in [1.29, 1.82) is 5.26 Å². The number of carbonyl (C=O) groups is 1. The molecule has 0 spiro atoms. The summed E-state index contributed by atoms with van der Waals surface area (Å²) < 4.78 is 24.6. The molecule has 0 saturated heterocycles. The zero-order valence-electron chi connectivity index (χ0n) is 12.8. The molecule has 2 rings (SSSR count). The number of carbonyl (C=O) groups excluding carboxylic acids is 1. The molecule has 0 aliphatic heterocycles. The van der Waals surface area contributed by atoms with Crippen molar-refractivity contribution in [2.75, 3.05) is 5.75 Å². The van der Waals surface area contributed by atoms with E-state index in [1.807, 2.05) is 13.0 Å². The zero-order valence-corrected chi connectivity index (χ0v) is 13.6. The van der Waals surface area contributed by atoms with Crippen molar-refractivity contribution in [3.05, 3.63) is 53.3 Å². The lowest BCUT2D eigenvalue weighted by molar-refractivity contribution is 0.0944. The maximum Gasteiger partial charge on any atom is 0.253 e. The van der Waals surface area contributed by atoms with Gasteiger partial charge in [0.2, 0.25) is 0 Å². The second-order valence-electron chi connectivity index (χ2n) is 5.38. The molecule has 0 fully saturated rings. The van der Waals surface area contributed by atoms with Crippen molar-refractivity contribution in [3.63, 3.8) is 0 Å². The van der Waals surface area contributed by atoms with Gasteiger partial charge < -0.3 is 10.3 Å². The number of aryl methyl sites for hydroxylation is 1. The van der Waals surface area contributed by atoms with Crippen LogP contribution in [0.4, 0.5) is 0 Å². The van der Waals surface area contributed by atoms with Gasteiger partial charge in [0.1, 0.15) is 11.8 Å². The molecule has 2 aromatic rings. The Hall–Kier alpha value is -2.59. The number of H-pyrrole nitrogens is 1. The largest absolute Gasteiger partial charge is 0.352 e. The molecule has 2 N–H and O–H groups in total. The van der Waals surface area contributed by atoms with Crippen molar-refractivity contribution >= 4 is 15.7 Å². The maximum atomic E-state index is 12.3. The molecule has 0 aliphatic carbocycles. The third-order valence-electron chi connectivity index (χ3n) is 3.29. The Bertz CT molecular complexity index is 845. The van der Waals surface area contributed by atoms with E-state index >= 15 is 0 Å². The van der Waals surface area contributed by atoms with E-state index in [1.54, 1.807) is 31.2 Å². The van der Waals surface area contributed by atoms with Crippen LogP contribution in [0, 0.1) is 18.3 Å². The number of benzene rings is 1. The highest BCUT2D eigenvalue weighted by Crippen LogP contribution is 2.13. The molecule has 1 aromatic heterocycles. The fourth-order valence-electron chi connectivity index (χ4n) is 2.11. The summed E-state index contributed by atoms with van der Waals surface area (Å²) in [6, 6.07) is 9.33. The van der Waals surface area contributed by atoms with Crippen LogP contribution in [0.3, 0.4) is 0 Å². The molecule has 120 valence electrons. The first-order chi connectivity index (χ1) is 10.8. The lowest BCUT2D eigenvalue weighted by Gasteiger charge is -2.14. The Morgan fingerprint density at radius 2 is 2.00 bits per heavy atom. The molecule has 0 aliphatic rings. The first kappa shape index (κ1) is 16.8. The molecule has 1 aromatic carbocycles. The van der Waals surface area contributed by atoms with E-state index in [-0.39, 0.29) is 16.3 Å². The average molecular weight is 331 g/mol. The molecule has 1 heterocycles. The van der Waals surface area contributed by atoms with Crippen LogP contribution in [0.5, 0.6) is 0 Å². The molecular weight excluding hydrogens is 314 g/mol. The van der Waals surface area contributed by atoms with Crippen LogP contribution >= 0.6 is 0 Å². The van der Waals surface area contributed by atoms with Gasteiger partial charge in [-0.2, -0.15) is 5.26 Å². The van der Waals surface area contributed by atoms with E-state index in [4.69, 9.17) is 5.26 Å². The van der Waals surface area contributed by atoms with Gasteiger partial charge in [-0.1, -0.05) is 17.7 Å². The van der Waals surface area contributed by atoms with Crippen molar-refractivity contribution in [2.24, 2.45) is 0 Å². The summed E-state index contributed by atoms with van der Waals surface area (Å²) in [5, 5.41) is 11.3. The van der Waals surface area contributed by atoms with Gasteiger partial charge in [-0.25, -0.2) is 8.42 Å². The summed E-state index contributed by atoms with van der Waals surface area (Å²) in [7, 11) is -3.48. The summed E-state index contributed by atoms with van der Waals surface area (Å²) in [6.45, 7) is 3.51. The molecule has 0 bridgehead atoms. The van der Waals surface area contributed by atoms with Gasteiger partial charge >= 0.3 is 0 Å². The van der Waals surface area contributed by atoms with Crippen molar-refractivity contribution < 1.29 is 13.2 Å². The Morgan fingerprint density at radius 3 is 2.57 bits per heavy atom. The van der Waals surface area contributed by atoms with Gasteiger partial charge in [-0.05, 0) is 32.0 Å². The highest BCUT2D eigenvalue weighted by Gasteiger charge is 2.20. The van der Waals surface area contributed by atoms with E-state index in [0.29, 0.717) is 5.56 Å². The lowest BCUT2D eigenvalue weighted by atomic mass is 10.2. The van der Waals surface area contributed by atoms with E-state index in [2.05, 4.69) is 10.3 Å². The second kappa shape index (κ2) is 6.67. The fourth-order valence-corrected chi connectivity index (χ4v) is 3.59. The monoisotopic (exact) mass is 331 g/mol. The third kappa shape index (κ3) is 4.20. The van der Waals surface area contributed by atoms with E-state index in [0.717, 1.165) is 5.56 Å². The molecule has 7 heteroatoms. The van der Waals surface area contributed by atoms with Gasteiger partial charge in [0, 0.05) is 12.2 Å². The normalized spacial score (nSPS) is 12.4. The predicted molar refractivity (Wildman–Crippen MR) is 85.7 cm³/mol. The number of hydrogen-bond donors (Lipinski definition) is 2. The minimum Gasteiger partial charge on any atom is -0.352 e. The third-order valence-corrected chi connectivity index (χ3v) is 5.22. The Labute approximate surface area is 135 Å². The number of rotatable bonds is 5. The van der Waals surface area contributed by atoms with Crippen LogP contribution in [0.25, 0.3) is 0 Å². The molecule has 23 heavy (non-hydrogen) atoms. The van der Waals surface area contributed by atoms with Gasteiger partial charge in [-0.15, -0.1) is 0 Å². The standard InChI is InChI=1S/C16H17N3O3S/c1-11-3-5-15(6-4-11)23(21,22)10-12(2)19-16(20)13-7-14(8-17)18-9-13/h3-7,9,12,18H,10H2,1-2H3,(H,19,20)/t12-/m1/s1. The predicted octanol–water partition coefficient (Wildman–Crippen LogP) is 1.79. The number of nitriles is 1. The number of hydrogen-bond acceptors (Lipinski definition) is 4. The summed E-state index contributed by atoms with van der Waals surface area (Å²) in [4.78, 5) is 14.9. The first-order valence-electron chi connectivity index (χ1n) is 7.00. The summed E-state index contributed by atoms with van der Waals surface area (Å²) in [6.07, 6.45) is 1.41. The Morgan fingerprint density at radius 1 is 1.35 bits per heavy atom. The molecule has 1 amide bonds. The van der Waals surface area contributed by atoms with Crippen LogP contribution < -0.4 is 5.32 Å². The molecule has 0 radical (unpaired) electrons. The Kier molecular flexibility index (Phi) is 4.86. The van der Waals surface area contributed by atoms with Crippen molar-refractivity contribution in [3.8, 4) is 6.07 Å². The number of nitrogens with zero attached hydrogens (tertiary/aromatic N) is 1. The SMILES string of the molecule is Cc1ccc(S(=O)(=O)C[C@@H](C)NC(=O)c2c[nH]c(C#N)c2)cc1. The van der Waals surface area contributed by atoms with E-state index in [9.17, 15) is 13.2 Å². The topological polar surface area (TPSA) is 103 Å². The highest BCUT2D eigenvalue weighted by atomic mass is 32.2. The molecule has 0 unspecified atom stereocenters. The lowest BCUT2D eigenvalue weighted by Crippen LogP contribution is -2.37. The molecule has 0 saturated carbocycles. The minimum atomic E-state index is -3.48. The number of nitrogens with one attached hydrogen (secondary N) is 2. The number of amides is 1. The quantitative estimate of drug-likeness (QED) is 0.871. The van der Waals surface area contributed by atoms with Crippen LogP contribution in [0.2, 0.25) is 0 Å². The number of sulfone groups is 1. The summed E-state index contributed by atoms with van der Waals surface area (Å²) in [5.74, 6) is -0.619. The molecule has 6 nitrogen and oxygen atoms in total. The minimum absolute atomic E-state index is 0.197. The van der Waals surface area contributed by atoms with Crippen molar-refractivity contribution in [2.45, 2.75) is 24.8 Å². The van der Waals surface area contributed by atoms with E-state index in [1.165, 1.54) is 12.3 Å². The summed E-state index contributed by atoms with van der Waals surface area (Å²) in [5.41, 5.74) is 1.54. The number of aromatic nitrogens is 1. The van der Waals surface area contributed by atoms with E-state index < -0.39 is 21.8 Å². The maximum absolute atomic E-state index is 12.3. The van der Waals surface area contributed by atoms with Gasteiger partial charge in [0.15, 0.2) is 9.84 Å². The van der Waals surface area contributed by atoms with Crippen LogP contribution in [-0.4, -0.2) is 31.1 Å². The summed E-state index contributed by atoms with van der Waals surface area (Å²) >= 11 is 0. The van der Waals surface area contributed by atoms with Gasteiger partial charge in [0.05, 0.1) is 16.2 Å². The van der Waals surface area contributed by atoms with Crippen LogP contribution in [0.1, 0.15) is 28.5 Å². The number of aromatic amines is 1. The van der Waals surface area contributed by atoms with Crippen molar-refractivity contribution in [1.82, 2.24) is 10.3 Å². The highest BCUT2D eigenvalue weighted by molar-refractivity contribution is 7.91. The second-order valence-corrected chi connectivity index (χ2v) is 7.42. The molecular formula is C16H17N3O3S. The average Bonchev–Trinajstić information content (AvgIpc) is 2.96. The first-order valence-corrected chi connectivity index (χ1v) is 8.66. The Balaban J connectivity index is 2.03. The van der Waals surface area contributed by atoms with Gasteiger partial charge in [0.25, 0.3) is 5.91 Å². The molecule has 1 atom stereocenters. The van der Waals surface area contributed by atoms with Gasteiger partial charge in [-0.3, -0.25) is 4.79 Å². The smallest absolute Gasteiger partial charge is 0.253 e. The fraction of sp³-hybridized carbons (Fsp3) is 0.250. The van der Waals surface area contributed by atoms with Crippen LogP contribution in [-0.2, 0) is 9.84 Å².